The smallest absolute Gasteiger partial charge is 0.116 e. The minimum Gasteiger partial charge on any atom is -0.306 e. The fourth-order valence-electron chi connectivity index (χ4n) is 0.461. The quantitative estimate of drug-likeness (QED) is 0.621. The summed E-state index contributed by atoms with van der Waals surface area (Å²) in [4.78, 5) is 4.00. The number of hydrogen-bond donors (Lipinski definition) is 1. The highest BCUT2D eigenvalue weighted by Gasteiger charge is 1.91. The first-order valence-corrected chi connectivity index (χ1v) is 3.33. The zero-order chi connectivity index (χ0) is 6.69. The van der Waals surface area contributed by atoms with Crippen molar-refractivity contribution < 1.29 is 0 Å². The van der Waals surface area contributed by atoms with Crippen molar-refractivity contribution in [3.05, 3.63) is 22.7 Å². The molecular weight excluding hydrogens is 132 g/mol. The Kier molecular flexibility index (Phi) is 1.75. The van der Waals surface area contributed by atoms with Crippen molar-refractivity contribution in [3.8, 4) is 0 Å². The molecule has 1 N–H and O–H groups in total. The second-order valence-electron chi connectivity index (χ2n) is 1.46. The van der Waals surface area contributed by atoms with E-state index in [2.05, 4.69) is 11.6 Å². The van der Waals surface area contributed by atoms with Crippen LogP contribution in [0.15, 0.2) is 12.0 Å². The van der Waals surface area contributed by atoms with Gasteiger partial charge in [-0.25, -0.2) is 4.98 Å². The van der Waals surface area contributed by atoms with Crippen molar-refractivity contribution in [3.63, 3.8) is 0 Å². The van der Waals surface area contributed by atoms with E-state index in [0.29, 0.717) is 5.69 Å². The molecule has 0 spiro atoms. The summed E-state index contributed by atoms with van der Waals surface area (Å²) < 4.78 is 0. The van der Waals surface area contributed by atoms with Gasteiger partial charge in [-0.1, -0.05) is 6.58 Å². The molecule has 0 aromatic carbocycles. The third-order valence-corrected chi connectivity index (χ3v) is 1.72. The van der Waals surface area contributed by atoms with Gasteiger partial charge in [0.25, 0.3) is 0 Å². The molecule has 0 saturated heterocycles. The third-order valence-electron chi connectivity index (χ3n) is 0.862. The molecule has 9 heavy (non-hydrogen) atoms. The summed E-state index contributed by atoms with van der Waals surface area (Å²) in [5.74, 6) is 0. The van der Waals surface area contributed by atoms with Crippen LogP contribution in [0.25, 0.3) is 6.08 Å². The molecule has 0 unspecified atom stereocenters. The van der Waals surface area contributed by atoms with Crippen LogP contribution in [-0.2, 0) is 0 Å². The van der Waals surface area contributed by atoms with Crippen molar-refractivity contribution in [2.75, 3.05) is 0 Å². The van der Waals surface area contributed by atoms with Crippen molar-refractivity contribution in [1.29, 1.82) is 5.41 Å². The monoisotopic (exact) mass is 138 g/mol. The molecule has 1 aromatic rings. The second kappa shape index (κ2) is 2.55. The summed E-state index contributed by atoms with van der Waals surface area (Å²) in [6.07, 6.45) is 2.90. The van der Waals surface area contributed by atoms with Crippen LogP contribution in [-0.4, -0.2) is 11.2 Å². The van der Waals surface area contributed by atoms with E-state index < -0.39 is 0 Å². The minimum absolute atomic E-state index is 0.704. The van der Waals surface area contributed by atoms with E-state index in [1.54, 1.807) is 6.08 Å². The molecule has 0 aliphatic heterocycles. The van der Waals surface area contributed by atoms with Crippen molar-refractivity contribution in [2.24, 2.45) is 0 Å². The zero-order valence-corrected chi connectivity index (χ0v) is 5.61. The van der Waals surface area contributed by atoms with Crippen LogP contribution in [0.5, 0.6) is 0 Å². The van der Waals surface area contributed by atoms with Crippen LogP contribution < -0.4 is 0 Å². The molecule has 0 aliphatic carbocycles. The minimum atomic E-state index is 0.704. The lowest BCUT2D eigenvalue weighted by Gasteiger charge is -1.75. The van der Waals surface area contributed by atoms with Crippen molar-refractivity contribution >= 4 is 23.6 Å². The first-order chi connectivity index (χ1) is 4.36. The van der Waals surface area contributed by atoms with Gasteiger partial charge in [-0.2, -0.15) is 0 Å². The van der Waals surface area contributed by atoms with E-state index >= 15 is 0 Å². The van der Waals surface area contributed by atoms with Gasteiger partial charge in [-0.3, -0.25) is 0 Å². The van der Waals surface area contributed by atoms with Gasteiger partial charge in [0.2, 0.25) is 0 Å². The van der Waals surface area contributed by atoms with Gasteiger partial charge in [-0.15, -0.1) is 11.3 Å². The molecular formula is C6H6N2S. The van der Waals surface area contributed by atoms with E-state index in [4.69, 9.17) is 5.41 Å². The van der Waals surface area contributed by atoms with Crippen molar-refractivity contribution in [1.82, 2.24) is 4.98 Å². The Morgan fingerprint density at radius 2 is 2.56 bits per heavy atom. The molecule has 1 aromatic heterocycles. The predicted molar refractivity (Wildman–Crippen MR) is 40.1 cm³/mol. The fraction of sp³-hybridized carbons (Fsp3) is 0. The van der Waals surface area contributed by atoms with E-state index in [0.717, 1.165) is 5.01 Å². The van der Waals surface area contributed by atoms with Crippen LogP contribution in [0.3, 0.4) is 0 Å². The molecule has 0 fully saturated rings. The number of hydrogen-bond acceptors (Lipinski definition) is 3. The van der Waals surface area contributed by atoms with Gasteiger partial charge in [0, 0.05) is 11.6 Å². The Bertz CT molecular complexity index is 204. The molecule has 0 bridgehead atoms. The van der Waals surface area contributed by atoms with Gasteiger partial charge in [-0.05, 0) is 6.08 Å². The topological polar surface area (TPSA) is 36.7 Å². The van der Waals surface area contributed by atoms with Crippen LogP contribution in [0, 0.1) is 5.41 Å². The van der Waals surface area contributed by atoms with E-state index in [1.165, 1.54) is 17.6 Å². The Balaban J connectivity index is 2.98. The molecule has 3 heteroatoms. The van der Waals surface area contributed by atoms with Gasteiger partial charge in [0.05, 0.1) is 5.69 Å². The molecule has 1 rings (SSSR count). The van der Waals surface area contributed by atoms with Gasteiger partial charge < -0.3 is 5.41 Å². The lowest BCUT2D eigenvalue weighted by molar-refractivity contribution is 1.35. The molecule has 0 saturated carbocycles. The maximum absolute atomic E-state index is 6.82. The van der Waals surface area contributed by atoms with Crippen LogP contribution in [0.4, 0.5) is 0 Å². The first kappa shape index (κ1) is 6.16. The maximum Gasteiger partial charge on any atom is 0.116 e. The Labute approximate surface area is 57.4 Å². The van der Waals surface area contributed by atoms with E-state index in [-0.39, 0.29) is 0 Å². The molecule has 1 heterocycles. The number of thiazole rings is 1. The molecule has 0 radical (unpaired) electrons. The highest BCUT2D eigenvalue weighted by Crippen LogP contribution is 2.07. The molecule has 2 nitrogen and oxygen atoms in total. The van der Waals surface area contributed by atoms with E-state index in [1.807, 2.05) is 5.38 Å². The SMILES string of the molecule is C=Cc1nc(C=N)cs1. The van der Waals surface area contributed by atoms with Crippen LogP contribution >= 0.6 is 11.3 Å². The van der Waals surface area contributed by atoms with Crippen LogP contribution in [0.2, 0.25) is 0 Å². The number of nitrogens with zero attached hydrogens (tertiary/aromatic N) is 1. The standard InChI is InChI=1S/C6H6N2S/c1-2-6-8-5(3-7)4-9-6/h2-4,7H,1H2. The number of aromatic nitrogens is 1. The molecule has 0 amide bonds. The predicted octanol–water partition coefficient (Wildman–Crippen LogP) is 1.78. The lowest BCUT2D eigenvalue weighted by Crippen LogP contribution is -1.76. The van der Waals surface area contributed by atoms with Gasteiger partial charge in [0.1, 0.15) is 5.01 Å². The second-order valence-corrected chi connectivity index (χ2v) is 2.35. The lowest BCUT2D eigenvalue weighted by atomic mass is 10.5. The Morgan fingerprint density at radius 3 is 2.89 bits per heavy atom. The normalized spacial score (nSPS) is 8.89. The van der Waals surface area contributed by atoms with Crippen LogP contribution in [0.1, 0.15) is 10.7 Å². The Morgan fingerprint density at radius 1 is 1.78 bits per heavy atom. The third kappa shape index (κ3) is 1.23. The summed E-state index contributed by atoms with van der Waals surface area (Å²) in [7, 11) is 0. The number of nitrogens with one attached hydrogen (secondary N) is 1. The Hall–Kier alpha value is -0.960. The van der Waals surface area contributed by atoms with E-state index in [9.17, 15) is 0 Å². The molecule has 46 valence electrons. The number of rotatable bonds is 2. The molecule has 0 aliphatic rings. The highest BCUT2D eigenvalue weighted by atomic mass is 32.1. The summed E-state index contributed by atoms with van der Waals surface area (Å²) in [5.41, 5.74) is 0.704. The summed E-state index contributed by atoms with van der Waals surface area (Å²) in [6, 6.07) is 0. The van der Waals surface area contributed by atoms with Gasteiger partial charge in [0.15, 0.2) is 0 Å². The summed E-state index contributed by atoms with van der Waals surface area (Å²) in [6.45, 7) is 3.55. The summed E-state index contributed by atoms with van der Waals surface area (Å²) >= 11 is 1.49. The maximum atomic E-state index is 6.82. The zero-order valence-electron chi connectivity index (χ0n) is 4.79. The largest absolute Gasteiger partial charge is 0.306 e. The highest BCUT2D eigenvalue weighted by molar-refractivity contribution is 7.10. The average molecular weight is 138 g/mol. The van der Waals surface area contributed by atoms with Crippen molar-refractivity contribution in [2.45, 2.75) is 0 Å². The average Bonchev–Trinajstić information content (AvgIpc) is 2.34. The van der Waals surface area contributed by atoms with Gasteiger partial charge >= 0.3 is 0 Å². The summed E-state index contributed by atoms with van der Waals surface area (Å²) in [5, 5.41) is 9.51. The first-order valence-electron chi connectivity index (χ1n) is 2.45. The molecule has 0 atom stereocenters. The fourth-order valence-corrected chi connectivity index (χ4v) is 1.08.